The molecule has 2 saturated carbocycles. The number of imidazole rings is 1. The maximum absolute atomic E-state index is 15.9. The minimum absolute atomic E-state index is 0.00105. The van der Waals surface area contributed by atoms with Crippen LogP contribution in [0.25, 0.3) is 34.3 Å². The first-order chi connectivity index (χ1) is 18.9. The average molecular weight is 535 g/mol. The van der Waals surface area contributed by atoms with Crippen molar-refractivity contribution < 1.29 is 8.91 Å². The molecule has 0 radical (unpaired) electrons. The summed E-state index contributed by atoms with van der Waals surface area (Å²) in [4.78, 5) is 33.0. The number of halogens is 1. The fraction of sp³-hybridized carbons (Fsp3) is 0.571. The first-order valence-electron chi connectivity index (χ1n) is 14.1. The van der Waals surface area contributed by atoms with E-state index in [4.69, 9.17) is 14.5 Å². The Morgan fingerprint density at radius 3 is 2.56 bits per heavy atom. The molecule has 2 N–H and O–H groups in total. The maximum Gasteiger partial charge on any atom is 0.439 e. The molecular weight excluding hydrogens is 499 g/mol. The number of aromatic amines is 1. The Morgan fingerprint density at radius 1 is 1.10 bits per heavy atom. The predicted molar refractivity (Wildman–Crippen MR) is 146 cm³/mol. The van der Waals surface area contributed by atoms with Gasteiger partial charge in [0.25, 0.3) is 0 Å². The Labute approximate surface area is 225 Å². The lowest BCUT2D eigenvalue weighted by atomic mass is 9.80. The molecular formula is C28H35FN8O2. The van der Waals surface area contributed by atoms with Gasteiger partial charge in [0.2, 0.25) is 11.6 Å². The largest absolute Gasteiger partial charge is 0.439 e. The Kier molecular flexibility index (Phi) is 6.90. The zero-order valence-corrected chi connectivity index (χ0v) is 22.7. The first kappa shape index (κ1) is 25.6. The van der Waals surface area contributed by atoms with Crippen LogP contribution in [0.3, 0.4) is 0 Å². The highest BCUT2D eigenvalue weighted by Crippen LogP contribution is 2.36. The number of hydrogen-bond donors (Lipinski definition) is 2. The van der Waals surface area contributed by atoms with Crippen LogP contribution in [0.4, 0.5) is 10.2 Å². The molecule has 6 rings (SSSR count). The number of nitrogens with zero attached hydrogens (tertiary/aromatic N) is 6. The zero-order chi connectivity index (χ0) is 27.1. The molecule has 4 aromatic rings. The highest BCUT2D eigenvalue weighted by Gasteiger charge is 2.29. The van der Waals surface area contributed by atoms with E-state index in [1.54, 1.807) is 12.3 Å². The van der Waals surface area contributed by atoms with Crippen LogP contribution >= 0.6 is 0 Å². The third-order valence-electron chi connectivity index (χ3n) is 8.39. The molecule has 4 aromatic heterocycles. The van der Waals surface area contributed by atoms with Crippen molar-refractivity contribution >= 4 is 17.0 Å². The molecule has 0 amide bonds. The lowest BCUT2D eigenvalue weighted by molar-refractivity contribution is 0.285. The van der Waals surface area contributed by atoms with Crippen LogP contribution < -0.4 is 11.1 Å². The van der Waals surface area contributed by atoms with E-state index in [1.165, 1.54) is 25.7 Å². The summed E-state index contributed by atoms with van der Waals surface area (Å²) in [6.45, 7) is 6.77. The van der Waals surface area contributed by atoms with E-state index in [1.807, 2.05) is 13.8 Å². The van der Waals surface area contributed by atoms with E-state index in [-0.39, 0.29) is 35.1 Å². The molecule has 10 nitrogen and oxygen atoms in total. The zero-order valence-electron chi connectivity index (χ0n) is 22.7. The minimum atomic E-state index is -0.689. The Bertz CT molecular complexity index is 1530. The SMILES string of the molecule is CC(C)c1ccnc(-c2nc3nc(-c4noc(=O)[nH]4)nc(NC(C)C4CCC4)c3n2CC2CCCCC2)c1F. The molecule has 2 aliphatic carbocycles. The van der Waals surface area contributed by atoms with Crippen LogP contribution in [0.15, 0.2) is 21.6 Å². The van der Waals surface area contributed by atoms with Crippen molar-refractivity contribution in [2.75, 3.05) is 5.32 Å². The molecule has 1 atom stereocenters. The van der Waals surface area contributed by atoms with E-state index < -0.39 is 5.76 Å². The van der Waals surface area contributed by atoms with E-state index in [9.17, 15) is 4.79 Å². The average Bonchev–Trinajstić information content (AvgIpc) is 3.47. The number of rotatable bonds is 8. The molecule has 0 saturated heterocycles. The molecule has 0 spiro atoms. The van der Waals surface area contributed by atoms with Gasteiger partial charge in [0.05, 0.1) is 0 Å². The van der Waals surface area contributed by atoms with Gasteiger partial charge in [0.1, 0.15) is 11.2 Å². The fourth-order valence-electron chi connectivity index (χ4n) is 5.89. The molecule has 39 heavy (non-hydrogen) atoms. The van der Waals surface area contributed by atoms with E-state index in [0.717, 1.165) is 25.7 Å². The molecule has 1 unspecified atom stereocenters. The monoisotopic (exact) mass is 534 g/mol. The van der Waals surface area contributed by atoms with Crippen molar-refractivity contribution in [1.29, 1.82) is 0 Å². The Balaban J connectivity index is 1.56. The number of nitrogens with one attached hydrogen (secondary N) is 2. The smallest absolute Gasteiger partial charge is 0.365 e. The van der Waals surface area contributed by atoms with Crippen LogP contribution in [-0.2, 0) is 6.54 Å². The second kappa shape index (κ2) is 10.5. The van der Waals surface area contributed by atoms with Gasteiger partial charge in [-0.25, -0.2) is 29.1 Å². The summed E-state index contributed by atoms with van der Waals surface area (Å²) < 4.78 is 22.7. The van der Waals surface area contributed by atoms with E-state index in [0.29, 0.717) is 46.8 Å². The fourth-order valence-corrected chi connectivity index (χ4v) is 5.89. The third-order valence-corrected chi connectivity index (χ3v) is 8.39. The summed E-state index contributed by atoms with van der Waals surface area (Å²) >= 11 is 0. The number of pyridine rings is 1. The number of H-pyrrole nitrogens is 1. The maximum atomic E-state index is 15.9. The number of aromatic nitrogens is 7. The van der Waals surface area contributed by atoms with Gasteiger partial charge >= 0.3 is 5.76 Å². The van der Waals surface area contributed by atoms with E-state index in [2.05, 4.69) is 36.9 Å². The molecule has 0 aromatic carbocycles. The van der Waals surface area contributed by atoms with E-state index >= 15 is 4.39 Å². The summed E-state index contributed by atoms with van der Waals surface area (Å²) in [5.41, 5.74) is 1.92. The van der Waals surface area contributed by atoms with Crippen molar-refractivity contribution in [3.05, 3.63) is 34.2 Å². The van der Waals surface area contributed by atoms with Gasteiger partial charge < -0.3 is 9.88 Å². The number of hydrogen-bond acceptors (Lipinski definition) is 8. The van der Waals surface area contributed by atoms with Crippen LogP contribution in [0.1, 0.15) is 83.6 Å². The van der Waals surface area contributed by atoms with Gasteiger partial charge in [-0.15, -0.1) is 0 Å². The highest BCUT2D eigenvalue weighted by atomic mass is 19.1. The molecule has 0 bridgehead atoms. The van der Waals surface area contributed by atoms with Crippen LogP contribution in [0, 0.1) is 17.7 Å². The van der Waals surface area contributed by atoms with Gasteiger partial charge in [0, 0.05) is 18.8 Å². The summed E-state index contributed by atoms with van der Waals surface area (Å²) in [6, 6.07) is 1.89. The summed E-state index contributed by atoms with van der Waals surface area (Å²) in [5.74, 6) is 1.27. The molecule has 0 aliphatic heterocycles. The van der Waals surface area contributed by atoms with Crippen molar-refractivity contribution in [1.82, 2.24) is 34.6 Å². The van der Waals surface area contributed by atoms with Gasteiger partial charge in [-0.2, -0.15) is 0 Å². The van der Waals surface area contributed by atoms with Gasteiger partial charge in [-0.1, -0.05) is 44.7 Å². The van der Waals surface area contributed by atoms with Crippen molar-refractivity contribution in [2.24, 2.45) is 11.8 Å². The highest BCUT2D eigenvalue weighted by molar-refractivity contribution is 5.88. The molecule has 2 fully saturated rings. The molecule has 11 heteroatoms. The van der Waals surface area contributed by atoms with Crippen LogP contribution in [-0.4, -0.2) is 40.7 Å². The van der Waals surface area contributed by atoms with Crippen LogP contribution in [0.2, 0.25) is 0 Å². The van der Waals surface area contributed by atoms with Gasteiger partial charge in [-0.05, 0) is 62.0 Å². The molecule has 4 heterocycles. The van der Waals surface area contributed by atoms with Gasteiger partial charge in [0.15, 0.2) is 23.1 Å². The lowest BCUT2D eigenvalue weighted by Crippen LogP contribution is -2.31. The lowest BCUT2D eigenvalue weighted by Gasteiger charge is -2.32. The Morgan fingerprint density at radius 2 is 1.90 bits per heavy atom. The van der Waals surface area contributed by atoms with Gasteiger partial charge in [-0.3, -0.25) is 9.51 Å². The minimum Gasteiger partial charge on any atom is -0.365 e. The second-order valence-corrected chi connectivity index (χ2v) is 11.4. The van der Waals surface area contributed by atoms with Crippen molar-refractivity contribution in [2.45, 2.75) is 90.6 Å². The molecule has 2 aliphatic rings. The standard InChI is InChI=1S/C28H35FN8O2/c1-15(2)19-12-13-30-21(20(19)29)27-34-24-22(37(27)14-17-8-5-4-6-9-17)23(31-16(3)18-10-7-11-18)32-25(33-24)26-35-28(38)39-36-26/h12-13,15-18H,4-11,14H2,1-3H3,(H,31,32,33)(H,35,36,38). The normalized spacial score (nSPS) is 17.6. The quantitative estimate of drug-likeness (QED) is 0.296. The van der Waals surface area contributed by atoms with Crippen LogP contribution in [0.5, 0.6) is 0 Å². The molecule has 206 valence electrons. The predicted octanol–water partition coefficient (Wildman–Crippen LogP) is 5.67. The Hall–Kier alpha value is -3.63. The van der Waals surface area contributed by atoms with Crippen molar-refractivity contribution in [3.8, 4) is 23.2 Å². The first-order valence-corrected chi connectivity index (χ1v) is 14.1. The summed E-state index contributed by atoms with van der Waals surface area (Å²) in [7, 11) is 0. The topological polar surface area (TPSA) is 127 Å². The summed E-state index contributed by atoms with van der Waals surface area (Å²) in [6.07, 6.45) is 11.0. The second-order valence-electron chi connectivity index (χ2n) is 11.4. The van der Waals surface area contributed by atoms with Crippen molar-refractivity contribution in [3.63, 3.8) is 0 Å². The summed E-state index contributed by atoms with van der Waals surface area (Å²) in [5, 5.41) is 7.41. The number of fused-ring (bicyclic) bond motifs is 1. The number of anilines is 1. The third kappa shape index (κ3) is 4.94.